The minimum Gasteiger partial charge on any atom is -0.383 e. The van der Waals surface area contributed by atoms with Gasteiger partial charge in [-0.15, -0.1) is 0 Å². The maximum atomic E-state index is 11.2. The van der Waals surface area contributed by atoms with Gasteiger partial charge in [-0.2, -0.15) is 0 Å². The third-order valence-electron chi connectivity index (χ3n) is 5.77. The number of rotatable bonds is 9. The first kappa shape index (κ1) is 23.7. The molecule has 0 radical (unpaired) electrons. The van der Waals surface area contributed by atoms with E-state index in [4.69, 9.17) is 11.1 Å². The summed E-state index contributed by atoms with van der Waals surface area (Å²) in [6, 6.07) is 16.3. The Morgan fingerprint density at radius 3 is 2.85 bits per heavy atom. The Balaban J connectivity index is 1.42. The molecule has 2 aromatic carbocycles. The molecule has 1 aliphatic rings. The third-order valence-corrected chi connectivity index (χ3v) is 6.55. The fourth-order valence-electron chi connectivity index (χ4n) is 3.98. The minimum absolute atomic E-state index is 0.0548. The molecule has 1 aromatic heterocycles. The Labute approximate surface area is 204 Å². The second kappa shape index (κ2) is 11.1. The minimum atomic E-state index is 0.0548. The highest BCUT2D eigenvalue weighted by Gasteiger charge is 2.22. The molecule has 9 heteroatoms. The van der Waals surface area contributed by atoms with E-state index >= 15 is 0 Å². The summed E-state index contributed by atoms with van der Waals surface area (Å²) in [6.45, 7) is 4.14. The number of hydrogen-bond donors (Lipinski definition) is 4. The van der Waals surface area contributed by atoms with Gasteiger partial charge in [-0.05, 0) is 55.0 Å². The maximum absolute atomic E-state index is 11.2. The van der Waals surface area contributed by atoms with E-state index in [1.165, 1.54) is 16.8 Å². The van der Waals surface area contributed by atoms with Gasteiger partial charge in [0.15, 0.2) is 0 Å². The quantitative estimate of drug-likeness (QED) is 0.212. The molecule has 5 N–H and O–H groups in total. The van der Waals surface area contributed by atoms with Gasteiger partial charge >= 0.3 is 0 Å². The van der Waals surface area contributed by atoms with Gasteiger partial charge in [-0.25, -0.2) is 9.97 Å². The normalized spacial score (nSPS) is 15.7. The van der Waals surface area contributed by atoms with Gasteiger partial charge in [0.1, 0.15) is 18.0 Å². The number of likely N-dealkylation sites (tertiary alicyclic amines) is 1. The van der Waals surface area contributed by atoms with Crippen molar-refractivity contribution in [3.05, 3.63) is 77.1 Å². The predicted octanol–water partition coefficient (Wildman–Crippen LogP) is 3.61. The van der Waals surface area contributed by atoms with E-state index in [0.29, 0.717) is 24.5 Å². The molecule has 1 unspecified atom stereocenters. The van der Waals surface area contributed by atoms with E-state index in [1.807, 2.05) is 24.3 Å². The fourth-order valence-corrected chi connectivity index (χ4v) is 4.78. The average molecular weight is 476 g/mol. The molecule has 1 atom stereocenters. The van der Waals surface area contributed by atoms with Gasteiger partial charge in [0, 0.05) is 36.1 Å². The number of nitrogens with one attached hydrogen (secondary N) is 3. The molecule has 2 heterocycles. The van der Waals surface area contributed by atoms with E-state index in [2.05, 4.69) is 51.2 Å². The largest absolute Gasteiger partial charge is 0.383 e. The first-order chi connectivity index (χ1) is 16.5. The van der Waals surface area contributed by atoms with Crippen LogP contribution in [0, 0.1) is 12.3 Å². The van der Waals surface area contributed by atoms with Crippen LogP contribution in [0.1, 0.15) is 35.1 Å². The summed E-state index contributed by atoms with van der Waals surface area (Å²) in [5, 5.41) is 12.2. The Morgan fingerprint density at radius 2 is 2.09 bits per heavy atom. The molecule has 34 heavy (non-hydrogen) atoms. The molecule has 0 bridgehead atoms. The van der Waals surface area contributed by atoms with Crippen molar-refractivity contribution in [1.29, 1.82) is 5.41 Å². The number of nitrogen functional groups attached to an aromatic ring is 1. The van der Waals surface area contributed by atoms with E-state index in [-0.39, 0.29) is 17.6 Å². The van der Waals surface area contributed by atoms with Crippen molar-refractivity contribution in [2.75, 3.05) is 24.1 Å². The molecule has 1 saturated heterocycles. The van der Waals surface area contributed by atoms with Crippen molar-refractivity contribution in [2.45, 2.75) is 37.2 Å². The Bertz CT molecular complexity index is 1150. The number of nitrogens with two attached hydrogens (primary N) is 1. The Kier molecular flexibility index (Phi) is 7.76. The number of anilines is 2. The molecule has 8 nitrogen and oxygen atoms in total. The number of aryl methyl sites for hydroxylation is 1. The van der Waals surface area contributed by atoms with Crippen molar-refractivity contribution in [1.82, 2.24) is 19.6 Å². The lowest BCUT2D eigenvalue weighted by molar-refractivity contribution is -0.119. The topological polar surface area (TPSA) is 120 Å². The molecule has 1 amide bonds. The number of carbonyl (C=O) groups excluding carboxylic acids is 1. The van der Waals surface area contributed by atoms with Crippen LogP contribution in [0.15, 0.2) is 59.8 Å². The first-order valence-corrected chi connectivity index (χ1v) is 12.1. The molecule has 176 valence electrons. The molecule has 0 saturated carbocycles. The number of nitrogens with zero attached hydrogens (tertiary/aromatic N) is 3. The average Bonchev–Trinajstić information content (AvgIpc) is 2.84. The summed E-state index contributed by atoms with van der Waals surface area (Å²) >= 11 is 1.60. The van der Waals surface area contributed by atoms with E-state index in [0.717, 1.165) is 36.9 Å². The van der Waals surface area contributed by atoms with Crippen molar-refractivity contribution < 1.29 is 4.79 Å². The smallest absolute Gasteiger partial charge is 0.209 e. The standard InChI is InChI=1S/C25H29N7OS/c1-17-4-2-6-21(12-17)34-30-13-18-7-9-19(10-8-18)23(26)22-24(27)28-15-29-25(22)31-20-5-3-11-32(14-20)16-33/h2,4,6-10,12,15-16,20,26,30H,3,5,11,13-14H2,1H3,(H3,27,28,29,31). The van der Waals surface area contributed by atoms with Crippen LogP contribution in [-0.2, 0) is 11.3 Å². The lowest BCUT2D eigenvalue weighted by Gasteiger charge is -2.31. The van der Waals surface area contributed by atoms with Crippen molar-refractivity contribution >= 4 is 35.7 Å². The molecule has 4 rings (SSSR count). The van der Waals surface area contributed by atoms with E-state index < -0.39 is 0 Å². The lowest BCUT2D eigenvalue weighted by Crippen LogP contribution is -2.41. The van der Waals surface area contributed by atoms with Crippen molar-refractivity contribution in [3.8, 4) is 0 Å². The number of benzene rings is 2. The Morgan fingerprint density at radius 1 is 1.26 bits per heavy atom. The second-order valence-electron chi connectivity index (χ2n) is 8.38. The van der Waals surface area contributed by atoms with Crippen LogP contribution in [0.3, 0.4) is 0 Å². The number of aromatic nitrogens is 2. The number of amides is 1. The maximum Gasteiger partial charge on any atom is 0.209 e. The number of carbonyl (C=O) groups is 1. The highest BCUT2D eigenvalue weighted by atomic mass is 32.2. The number of piperidine rings is 1. The molecule has 0 spiro atoms. The van der Waals surface area contributed by atoms with Gasteiger partial charge in [0.25, 0.3) is 0 Å². The number of hydrogen-bond acceptors (Lipinski definition) is 8. The van der Waals surface area contributed by atoms with Gasteiger partial charge in [-0.1, -0.05) is 36.4 Å². The summed E-state index contributed by atoms with van der Waals surface area (Å²) in [4.78, 5) is 22.6. The molecule has 1 fully saturated rings. The molecular formula is C25H29N7OS. The SMILES string of the molecule is Cc1cccc(SNCc2ccc(C(=N)c3c(N)ncnc3NC3CCCN(C=O)C3)cc2)c1. The van der Waals surface area contributed by atoms with Crippen molar-refractivity contribution in [3.63, 3.8) is 0 Å². The Hall–Kier alpha value is -3.43. The van der Waals surface area contributed by atoms with Crippen LogP contribution >= 0.6 is 11.9 Å². The summed E-state index contributed by atoms with van der Waals surface area (Å²) in [7, 11) is 0. The van der Waals surface area contributed by atoms with Crippen LogP contribution < -0.4 is 15.8 Å². The van der Waals surface area contributed by atoms with Gasteiger partial charge in [-0.3, -0.25) is 14.9 Å². The third kappa shape index (κ3) is 5.92. The van der Waals surface area contributed by atoms with Gasteiger partial charge < -0.3 is 16.0 Å². The predicted molar refractivity (Wildman–Crippen MR) is 137 cm³/mol. The van der Waals surface area contributed by atoms with Crippen LogP contribution in [0.25, 0.3) is 0 Å². The summed E-state index contributed by atoms with van der Waals surface area (Å²) in [5.74, 6) is 0.779. The molecule has 0 aliphatic carbocycles. The monoisotopic (exact) mass is 475 g/mol. The zero-order valence-electron chi connectivity index (χ0n) is 19.1. The second-order valence-corrected chi connectivity index (χ2v) is 9.34. The summed E-state index contributed by atoms with van der Waals surface area (Å²) < 4.78 is 3.38. The van der Waals surface area contributed by atoms with E-state index in [9.17, 15) is 4.79 Å². The van der Waals surface area contributed by atoms with Crippen LogP contribution in [0.5, 0.6) is 0 Å². The van der Waals surface area contributed by atoms with Crippen molar-refractivity contribution in [2.24, 2.45) is 0 Å². The highest BCUT2D eigenvalue weighted by Crippen LogP contribution is 2.24. The zero-order valence-corrected chi connectivity index (χ0v) is 19.9. The van der Waals surface area contributed by atoms with Gasteiger partial charge in [0.2, 0.25) is 6.41 Å². The van der Waals surface area contributed by atoms with Gasteiger partial charge in [0.05, 0.1) is 11.3 Å². The summed E-state index contributed by atoms with van der Waals surface area (Å²) in [5.41, 5.74) is 9.99. The molecule has 3 aromatic rings. The highest BCUT2D eigenvalue weighted by molar-refractivity contribution is 7.97. The van der Waals surface area contributed by atoms with Crippen LogP contribution in [-0.4, -0.2) is 46.1 Å². The zero-order chi connectivity index (χ0) is 23.9. The lowest BCUT2D eigenvalue weighted by atomic mass is 10.0. The van der Waals surface area contributed by atoms with E-state index in [1.54, 1.807) is 16.8 Å². The molecular weight excluding hydrogens is 446 g/mol. The first-order valence-electron chi connectivity index (χ1n) is 11.2. The van der Waals surface area contributed by atoms with Crippen LogP contribution in [0.2, 0.25) is 0 Å². The summed E-state index contributed by atoms with van der Waals surface area (Å²) in [6.07, 6.45) is 4.11. The van der Waals surface area contributed by atoms with Crippen LogP contribution in [0.4, 0.5) is 11.6 Å². The molecule has 1 aliphatic heterocycles. The fraction of sp³-hybridized carbons (Fsp3) is 0.280.